The van der Waals surface area contributed by atoms with Crippen LogP contribution in [0.3, 0.4) is 0 Å². The Labute approximate surface area is 169 Å². The van der Waals surface area contributed by atoms with E-state index in [0.29, 0.717) is 10.7 Å². The summed E-state index contributed by atoms with van der Waals surface area (Å²) < 4.78 is 3.15. The molecule has 1 aromatic carbocycles. The highest BCUT2D eigenvalue weighted by molar-refractivity contribution is 14.1. The third-order valence-electron chi connectivity index (χ3n) is 2.72. The van der Waals surface area contributed by atoms with E-state index >= 15 is 0 Å². The summed E-state index contributed by atoms with van der Waals surface area (Å²) >= 11 is 12.7. The summed E-state index contributed by atoms with van der Waals surface area (Å²) in [6.07, 6.45) is 0.736. The van der Waals surface area contributed by atoms with Crippen LogP contribution >= 0.6 is 79.4 Å². The van der Waals surface area contributed by atoms with Gasteiger partial charge in [0.05, 0.1) is 5.69 Å². The molecule has 3 nitrogen and oxygen atoms in total. The second kappa shape index (κ2) is 7.73. The summed E-state index contributed by atoms with van der Waals surface area (Å²) in [5, 5.41) is 3.30. The number of carbonyl (C=O) groups excluding carboxylic acids is 1. The van der Waals surface area contributed by atoms with Gasteiger partial charge in [-0.2, -0.15) is 0 Å². The zero-order valence-corrected chi connectivity index (χ0v) is 18.1. The maximum Gasteiger partial charge on any atom is 0.255 e. The zero-order chi connectivity index (χ0) is 15.6. The molecule has 0 fully saturated rings. The van der Waals surface area contributed by atoms with Crippen LogP contribution < -0.4 is 5.32 Å². The van der Waals surface area contributed by atoms with Crippen molar-refractivity contribution in [2.75, 3.05) is 5.32 Å². The normalized spacial score (nSPS) is 10.5. The monoisotopic (exact) mass is 638 g/mol. The van der Waals surface area contributed by atoms with Crippen molar-refractivity contribution in [2.24, 2.45) is 0 Å². The molecule has 1 amide bonds. The summed E-state index contributed by atoms with van der Waals surface area (Å²) in [6.45, 7) is 1.98. The average Bonchev–Trinajstić information content (AvgIpc) is 2.41. The minimum Gasteiger partial charge on any atom is -0.320 e. The van der Waals surface area contributed by atoms with Gasteiger partial charge in [0.1, 0.15) is 5.15 Å². The minimum absolute atomic E-state index is 0.175. The average molecular weight is 638 g/mol. The Hall–Kier alpha value is 0.320. The Bertz CT molecular complexity index is 684. The molecule has 0 atom stereocenters. The number of benzene rings is 1. The van der Waals surface area contributed by atoms with Crippen molar-refractivity contribution in [3.63, 3.8) is 0 Å². The number of anilines is 1. The molecule has 2 rings (SSSR count). The molecule has 1 heterocycles. The predicted molar refractivity (Wildman–Crippen MR) is 111 cm³/mol. The molecular weight excluding hydrogens is 628 g/mol. The first-order chi connectivity index (χ1) is 9.90. The van der Waals surface area contributed by atoms with Gasteiger partial charge in [-0.05, 0) is 98.5 Å². The smallest absolute Gasteiger partial charge is 0.255 e. The molecule has 0 spiro atoms. The van der Waals surface area contributed by atoms with Crippen LogP contribution in [0.2, 0.25) is 5.15 Å². The molecule has 1 N–H and O–H groups in total. The van der Waals surface area contributed by atoms with Crippen LogP contribution in [0.1, 0.15) is 23.0 Å². The second-order valence-electron chi connectivity index (χ2n) is 4.22. The fraction of sp³-hybridized carbons (Fsp3) is 0.143. The van der Waals surface area contributed by atoms with Crippen LogP contribution in [-0.4, -0.2) is 10.9 Å². The minimum atomic E-state index is -0.175. The van der Waals surface area contributed by atoms with Gasteiger partial charge in [-0.1, -0.05) is 18.5 Å². The van der Waals surface area contributed by atoms with E-state index in [9.17, 15) is 4.79 Å². The Morgan fingerprint density at radius 1 is 1.19 bits per heavy atom. The van der Waals surface area contributed by atoms with Gasteiger partial charge in [-0.3, -0.25) is 4.79 Å². The lowest BCUT2D eigenvalue weighted by Gasteiger charge is -2.11. The van der Waals surface area contributed by atoms with Gasteiger partial charge in [0, 0.05) is 22.0 Å². The summed E-state index contributed by atoms with van der Waals surface area (Å²) in [5.74, 6) is -0.175. The van der Waals surface area contributed by atoms with E-state index in [1.165, 1.54) is 0 Å². The van der Waals surface area contributed by atoms with Gasteiger partial charge in [-0.15, -0.1) is 0 Å². The number of aromatic nitrogens is 1. The number of pyridine rings is 1. The standard InChI is InChI=1S/C14H10ClI3N2O/c1-2-9-3-7(4-12(15)19-9)14(21)20-13-10(17)5-8(16)6-11(13)18/h3-6H,2H2,1H3,(H,20,21). The van der Waals surface area contributed by atoms with Crippen molar-refractivity contribution in [2.45, 2.75) is 13.3 Å². The van der Waals surface area contributed by atoms with Crippen molar-refractivity contribution in [1.29, 1.82) is 0 Å². The van der Waals surface area contributed by atoms with Gasteiger partial charge < -0.3 is 5.32 Å². The lowest BCUT2D eigenvalue weighted by Crippen LogP contribution is -2.14. The number of nitrogens with zero attached hydrogens (tertiary/aromatic N) is 1. The summed E-state index contributed by atoms with van der Waals surface area (Å²) in [5.41, 5.74) is 2.16. The highest BCUT2D eigenvalue weighted by atomic mass is 127. The van der Waals surface area contributed by atoms with E-state index in [2.05, 4.69) is 78.1 Å². The van der Waals surface area contributed by atoms with Crippen LogP contribution in [0.15, 0.2) is 24.3 Å². The fourth-order valence-electron chi connectivity index (χ4n) is 1.71. The van der Waals surface area contributed by atoms with Crippen LogP contribution in [0, 0.1) is 10.7 Å². The molecule has 0 radical (unpaired) electrons. The highest BCUT2D eigenvalue weighted by Gasteiger charge is 2.13. The Balaban J connectivity index is 2.32. The lowest BCUT2D eigenvalue weighted by molar-refractivity contribution is 0.102. The van der Waals surface area contributed by atoms with Gasteiger partial charge in [-0.25, -0.2) is 4.98 Å². The number of rotatable bonds is 3. The summed E-state index contributed by atoms with van der Waals surface area (Å²) in [6, 6.07) is 7.40. The van der Waals surface area contributed by atoms with Crippen molar-refractivity contribution in [3.8, 4) is 0 Å². The van der Waals surface area contributed by atoms with Crippen molar-refractivity contribution in [3.05, 3.63) is 51.4 Å². The number of hydrogen-bond donors (Lipinski definition) is 1. The molecular formula is C14H10ClI3N2O. The van der Waals surface area contributed by atoms with Crippen molar-refractivity contribution < 1.29 is 4.79 Å². The van der Waals surface area contributed by atoms with Crippen LogP contribution in [0.5, 0.6) is 0 Å². The van der Waals surface area contributed by atoms with Gasteiger partial charge >= 0.3 is 0 Å². The Kier molecular flexibility index (Phi) is 6.51. The molecule has 0 unspecified atom stereocenters. The van der Waals surface area contributed by atoms with E-state index in [1.54, 1.807) is 12.1 Å². The molecule has 0 saturated heterocycles. The molecule has 0 saturated carbocycles. The summed E-state index contributed by atoms with van der Waals surface area (Å²) in [4.78, 5) is 16.6. The first-order valence-electron chi connectivity index (χ1n) is 6.03. The topological polar surface area (TPSA) is 42.0 Å². The van der Waals surface area contributed by atoms with E-state index in [4.69, 9.17) is 11.6 Å². The maximum atomic E-state index is 12.4. The fourth-order valence-corrected chi connectivity index (χ4v) is 5.79. The van der Waals surface area contributed by atoms with E-state index < -0.39 is 0 Å². The lowest BCUT2D eigenvalue weighted by atomic mass is 10.2. The number of aryl methyl sites for hydroxylation is 1. The van der Waals surface area contributed by atoms with Crippen LogP contribution in [0.25, 0.3) is 0 Å². The third-order valence-corrected chi connectivity index (χ3v) is 5.23. The van der Waals surface area contributed by atoms with E-state index in [1.807, 2.05) is 19.1 Å². The SMILES string of the molecule is CCc1cc(C(=O)Nc2c(I)cc(I)cc2I)cc(Cl)n1. The van der Waals surface area contributed by atoms with E-state index in [0.717, 1.165) is 28.5 Å². The largest absolute Gasteiger partial charge is 0.320 e. The Morgan fingerprint density at radius 3 is 2.38 bits per heavy atom. The van der Waals surface area contributed by atoms with Crippen LogP contribution in [0.4, 0.5) is 5.69 Å². The molecule has 0 aliphatic carbocycles. The maximum absolute atomic E-state index is 12.4. The number of carbonyl (C=O) groups is 1. The van der Waals surface area contributed by atoms with E-state index in [-0.39, 0.29) is 5.91 Å². The number of nitrogens with one attached hydrogen (secondary N) is 1. The predicted octanol–water partition coefficient (Wildman–Crippen LogP) is 5.36. The van der Waals surface area contributed by atoms with Crippen molar-refractivity contribution >= 4 is 91.0 Å². The van der Waals surface area contributed by atoms with Gasteiger partial charge in [0.25, 0.3) is 5.91 Å². The first-order valence-corrected chi connectivity index (χ1v) is 9.64. The molecule has 21 heavy (non-hydrogen) atoms. The number of amides is 1. The van der Waals surface area contributed by atoms with Crippen LogP contribution in [-0.2, 0) is 6.42 Å². The molecule has 0 aliphatic heterocycles. The molecule has 0 aliphatic rings. The molecule has 0 bridgehead atoms. The quantitative estimate of drug-likeness (QED) is 0.364. The van der Waals surface area contributed by atoms with Crippen molar-refractivity contribution in [1.82, 2.24) is 4.98 Å². The molecule has 2 aromatic rings. The van der Waals surface area contributed by atoms with Gasteiger partial charge in [0.2, 0.25) is 0 Å². The number of hydrogen-bond acceptors (Lipinski definition) is 2. The molecule has 110 valence electrons. The third kappa shape index (κ3) is 4.64. The first kappa shape index (κ1) is 17.7. The summed E-state index contributed by atoms with van der Waals surface area (Å²) in [7, 11) is 0. The second-order valence-corrected chi connectivity index (χ2v) is 8.18. The molecule has 7 heteroatoms. The van der Waals surface area contributed by atoms with Gasteiger partial charge in [0.15, 0.2) is 0 Å². The highest BCUT2D eigenvalue weighted by Crippen LogP contribution is 2.28. The Morgan fingerprint density at radius 2 is 1.81 bits per heavy atom. The molecule has 1 aromatic heterocycles. The zero-order valence-electron chi connectivity index (χ0n) is 10.9. The number of halogens is 4.